The Hall–Kier alpha value is -0.560. The molecular weight excluding hydrogens is 86.1 g/mol. The van der Waals surface area contributed by atoms with Crippen molar-refractivity contribution in [3.8, 4) is 0 Å². The molecule has 0 atom stereocenters. The summed E-state index contributed by atoms with van der Waals surface area (Å²) in [4.78, 5) is 0. The first-order chi connectivity index (χ1) is 3.41. The zero-order valence-corrected chi connectivity index (χ0v) is 4.43. The van der Waals surface area contributed by atoms with E-state index in [0.717, 1.165) is 13.1 Å². The lowest BCUT2D eigenvalue weighted by atomic mass is 10.5. The van der Waals surface area contributed by atoms with E-state index in [1.165, 1.54) is 0 Å². The highest BCUT2D eigenvalue weighted by Crippen LogP contribution is 1.83. The molecule has 1 heteroatoms. The summed E-state index contributed by atoms with van der Waals surface area (Å²) in [6, 6.07) is 0. The maximum atomic E-state index is 3.97. The second-order valence-corrected chi connectivity index (χ2v) is 1.17. The van der Waals surface area contributed by atoms with Gasteiger partial charge in [0, 0.05) is 0 Å². The summed E-state index contributed by atoms with van der Waals surface area (Å²) < 4.78 is 0. The van der Waals surface area contributed by atoms with E-state index in [9.17, 15) is 0 Å². The number of rotatable bonds is 4. The van der Waals surface area contributed by atoms with Gasteiger partial charge in [0.05, 0.1) is 0 Å². The smallest absolute Gasteiger partial charge is 0.105 e. The van der Waals surface area contributed by atoms with Crippen LogP contribution >= 0.6 is 0 Å². The molecule has 40 valence electrons. The van der Waals surface area contributed by atoms with E-state index in [1.54, 1.807) is 12.2 Å². The fourth-order valence-electron chi connectivity index (χ4n) is 0.257. The second kappa shape index (κ2) is 5.44. The Labute approximate surface area is 44.7 Å². The minimum absolute atomic E-state index is 0.742. The van der Waals surface area contributed by atoms with E-state index in [2.05, 4.69) is 18.5 Å². The summed E-state index contributed by atoms with van der Waals surface area (Å²) in [7, 11) is 0. The minimum atomic E-state index is 0.742. The Balaban J connectivity index is 2.68. The number of hydrogen-bond acceptors (Lipinski definition) is 0. The molecule has 0 aromatic carbocycles. The summed E-state index contributed by atoms with van der Waals surface area (Å²) >= 11 is 0. The van der Waals surface area contributed by atoms with Gasteiger partial charge in [0.15, 0.2) is 0 Å². The average molecular weight is 96.2 g/mol. The average Bonchev–Trinajstić information content (AvgIpc) is 1.69. The highest BCUT2D eigenvalue weighted by atomic mass is 14.8. The summed E-state index contributed by atoms with van der Waals surface area (Å²) in [6.45, 7) is 8.49. The minimum Gasteiger partial charge on any atom is -0.656 e. The SMILES string of the molecule is C=CC[N-]CC=C. The van der Waals surface area contributed by atoms with Crippen LogP contribution < -0.4 is 0 Å². The van der Waals surface area contributed by atoms with E-state index in [4.69, 9.17) is 0 Å². The zero-order chi connectivity index (χ0) is 5.54. The van der Waals surface area contributed by atoms with Crippen molar-refractivity contribution in [1.29, 1.82) is 0 Å². The van der Waals surface area contributed by atoms with Crippen LogP contribution in [0, 0.1) is 0 Å². The Morgan fingerprint density at radius 3 is 1.86 bits per heavy atom. The molecule has 0 amide bonds. The van der Waals surface area contributed by atoms with Gasteiger partial charge >= 0.3 is 0 Å². The van der Waals surface area contributed by atoms with Crippen molar-refractivity contribution in [1.82, 2.24) is 0 Å². The number of nitrogens with zero attached hydrogens (tertiary/aromatic N) is 1. The van der Waals surface area contributed by atoms with Crippen LogP contribution in [0.2, 0.25) is 0 Å². The van der Waals surface area contributed by atoms with Gasteiger partial charge in [0.25, 0.3) is 0 Å². The molecule has 0 aliphatic rings. The molecule has 0 aromatic rings. The molecule has 0 heterocycles. The van der Waals surface area contributed by atoms with Crippen LogP contribution in [0.5, 0.6) is 0 Å². The Kier molecular flexibility index (Phi) is 5.00. The third-order valence-corrected chi connectivity index (χ3v) is 0.516. The Morgan fingerprint density at radius 2 is 1.57 bits per heavy atom. The molecule has 0 aliphatic heterocycles. The van der Waals surface area contributed by atoms with Crippen LogP contribution in [0.4, 0.5) is 0 Å². The predicted molar refractivity (Wildman–Crippen MR) is 33.5 cm³/mol. The topological polar surface area (TPSA) is 14.1 Å². The van der Waals surface area contributed by atoms with Crippen LogP contribution in [-0.2, 0) is 0 Å². The lowest BCUT2D eigenvalue weighted by Gasteiger charge is -2.10. The van der Waals surface area contributed by atoms with Crippen LogP contribution in [0.3, 0.4) is 0 Å². The van der Waals surface area contributed by atoms with E-state index < -0.39 is 0 Å². The molecule has 0 fully saturated rings. The quantitative estimate of drug-likeness (QED) is 0.374. The van der Waals surface area contributed by atoms with Crippen LogP contribution in [0.1, 0.15) is 0 Å². The summed E-state index contributed by atoms with van der Waals surface area (Å²) in [5, 5.41) is 3.97. The monoisotopic (exact) mass is 96.1 g/mol. The van der Waals surface area contributed by atoms with Gasteiger partial charge in [0.2, 0.25) is 0 Å². The van der Waals surface area contributed by atoms with Crippen LogP contribution in [0.15, 0.2) is 25.3 Å². The van der Waals surface area contributed by atoms with Crippen LogP contribution in [-0.4, -0.2) is 13.1 Å². The van der Waals surface area contributed by atoms with Gasteiger partial charge in [-0.2, -0.15) is 0 Å². The first kappa shape index (κ1) is 6.44. The van der Waals surface area contributed by atoms with Crippen molar-refractivity contribution in [3.05, 3.63) is 30.6 Å². The zero-order valence-electron chi connectivity index (χ0n) is 4.43. The molecule has 0 bridgehead atoms. The molecule has 0 saturated carbocycles. The van der Waals surface area contributed by atoms with E-state index in [-0.39, 0.29) is 0 Å². The fourth-order valence-corrected chi connectivity index (χ4v) is 0.257. The van der Waals surface area contributed by atoms with E-state index >= 15 is 0 Å². The van der Waals surface area contributed by atoms with Gasteiger partial charge < -0.3 is 5.32 Å². The normalized spacial score (nSPS) is 8.00. The molecule has 0 radical (unpaired) electrons. The van der Waals surface area contributed by atoms with Gasteiger partial charge in [-0.1, -0.05) is 0 Å². The maximum Gasteiger partial charge on any atom is -0.105 e. The van der Waals surface area contributed by atoms with Crippen molar-refractivity contribution < 1.29 is 0 Å². The largest absolute Gasteiger partial charge is 0.656 e. The van der Waals surface area contributed by atoms with Crippen molar-refractivity contribution >= 4 is 0 Å². The van der Waals surface area contributed by atoms with Gasteiger partial charge in [-0.25, -0.2) is 0 Å². The lowest BCUT2D eigenvalue weighted by molar-refractivity contribution is 1.29. The molecule has 0 unspecified atom stereocenters. The standard InChI is InChI=1S/C6H10N/c1-3-5-7-6-4-2/h3-4H,1-2,5-6H2/q-1. The molecule has 0 saturated heterocycles. The van der Waals surface area contributed by atoms with Crippen LogP contribution in [0.25, 0.3) is 5.32 Å². The third kappa shape index (κ3) is 5.44. The summed E-state index contributed by atoms with van der Waals surface area (Å²) in [5.74, 6) is 0. The van der Waals surface area contributed by atoms with Crippen molar-refractivity contribution in [2.75, 3.05) is 13.1 Å². The second-order valence-electron chi connectivity index (χ2n) is 1.17. The molecule has 0 spiro atoms. The van der Waals surface area contributed by atoms with Crippen molar-refractivity contribution in [3.63, 3.8) is 0 Å². The summed E-state index contributed by atoms with van der Waals surface area (Å²) in [5.41, 5.74) is 0. The molecule has 7 heavy (non-hydrogen) atoms. The molecule has 0 rings (SSSR count). The predicted octanol–water partition coefficient (Wildman–Crippen LogP) is 1.73. The maximum absolute atomic E-state index is 3.97. The van der Waals surface area contributed by atoms with Gasteiger partial charge in [0.1, 0.15) is 0 Å². The van der Waals surface area contributed by atoms with Gasteiger partial charge in [-0.3, -0.25) is 0 Å². The molecule has 0 aliphatic carbocycles. The highest BCUT2D eigenvalue weighted by molar-refractivity contribution is 4.95. The van der Waals surface area contributed by atoms with E-state index in [0.29, 0.717) is 0 Å². The van der Waals surface area contributed by atoms with Gasteiger partial charge in [-0.15, -0.1) is 38.4 Å². The number of hydrogen-bond donors (Lipinski definition) is 0. The Morgan fingerprint density at radius 1 is 1.14 bits per heavy atom. The molecule has 0 N–H and O–H groups in total. The molecule has 1 nitrogen and oxygen atoms in total. The summed E-state index contributed by atoms with van der Waals surface area (Å²) in [6.07, 6.45) is 3.53. The third-order valence-electron chi connectivity index (χ3n) is 0.516. The van der Waals surface area contributed by atoms with Crippen molar-refractivity contribution in [2.45, 2.75) is 0 Å². The van der Waals surface area contributed by atoms with Gasteiger partial charge in [-0.05, 0) is 0 Å². The fraction of sp³-hybridized carbons (Fsp3) is 0.333. The highest BCUT2D eigenvalue weighted by Gasteiger charge is 1.53. The van der Waals surface area contributed by atoms with Crippen molar-refractivity contribution in [2.24, 2.45) is 0 Å². The first-order valence-electron chi connectivity index (χ1n) is 2.27. The Bertz CT molecular complexity index is 49.2. The van der Waals surface area contributed by atoms with E-state index in [1.807, 2.05) is 0 Å². The molecular formula is C6H10N-. The lowest BCUT2D eigenvalue weighted by Crippen LogP contribution is -1.77. The molecule has 0 aromatic heterocycles. The first-order valence-corrected chi connectivity index (χ1v) is 2.27.